The summed E-state index contributed by atoms with van der Waals surface area (Å²) in [6, 6.07) is 4.21. The molecule has 9 heteroatoms. The second-order valence-corrected chi connectivity index (χ2v) is 6.88. The van der Waals surface area contributed by atoms with E-state index in [1.165, 1.54) is 12.1 Å². The summed E-state index contributed by atoms with van der Waals surface area (Å²) in [7, 11) is 0. The SMILES string of the molecule is O=C(CSc1nc2c(c(=O)[nH]1)CCCC2)Nc1ccc(C(F)(F)F)cc1. The van der Waals surface area contributed by atoms with Gasteiger partial charge in [-0.15, -0.1) is 0 Å². The fourth-order valence-corrected chi connectivity index (χ4v) is 3.40. The number of thioether (sulfide) groups is 1. The van der Waals surface area contributed by atoms with Crippen molar-refractivity contribution in [3.63, 3.8) is 0 Å². The zero-order valence-electron chi connectivity index (χ0n) is 13.7. The molecule has 1 amide bonds. The summed E-state index contributed by atoms with van der Waals surface area (Å²) < 4.78 is 37.5. The standard InChI is InChI=1S/C17H16F3N3O2S/c18-17(19,20)10-5-7-11(8-6-10)21-14(24)9-26-16-22-13-4-2-1-3-12(13)15(25)23-16/h5-8H,1-4,9H2,(H,21,24)(H,22,23,25). The molecule has 0 atom stereocenters. The average molecular weight is 383 g/mol. The highest BCUT2D eigenvalue weighted by Gasteiger charge is 2.30. The third-order valence-electron chi connectivity index (χ3n) is 4.01. The highest BCUT2D eigenvalue weighted by Crippen LogP contribution is 2.29. The normalized spacial score (nSPS) is 14.0. The van der Waals surface area contributed by atoms with Gasteiger partial charge in [-0.3, -0.25) is 9.59 Å². The molecule has 1 aliphatic rings. The van der Waals surface area contributed by atoms with Gasteiger partial charge in [-0.05, 0) is 49.9 Å². The lowest BCUT2D eigenvalue weighted by atomic mass is 9.97. The number of amides is 1. The summed E-state index contributed by atoms with van der Waals surface area (Å²) in [6.45, 7) is 0. The van der Waals surface area contributed by atoms with Gasteiger partial charge in [0.2, 0.25) is 5.91 Å². The van der Waals surface area contributed by atoms with Crippen LogP contribution in [0.3, 0.4) is 0 Å². The number of halogens is 3. The van der Waals surface area contributed by atoms with Gasteiger partial charge in [0.05, 0.1) is 17.0 Å². The van der Waals surface area contributed by atoms with E-state index >= 15 is 0 Å². The Labute approximate surface area is 151 Å². The van der Waals surface area contributed by atoms with Crippen molar-refractivity contribution in [1.29, 1.82) is 0 Å². The Morgan fingerprint density at radius 2 is 1.88 bits per heavy atom. The average Bonchev–Trinajstić information content (AvgIpc) is 2.60. The maximum Gasteiger partial charge on any atom is 0.416 e. The zero-order chi connectivity index (χ0) is 18.7. The van der Waals surface area contributed by atoms with Gasteiger partial charge in [-0.2, -0.15) is 13.2 Å². The Bertz CT molecular complexity index is 863. The molecule has 138 valence electrons. The third-order valence-corrected chi connectivity index (χ3v) is 4.88. The number of nitrogens with zero attached hydrogens (tertiary/aromatic N) is 1. The topological polar surface area (TPSA) is 74.8 Å². The van der Waals surface area contributed by atoms with Crippen LogP contribution in [0.1, 0.15) is 29.7 Å². The first kappa shape index (κ1) is 18.5. The molecule has 1 aromatic heterocycles. The molecule has 1 heterocycles. The van der Waals surface area contributed by atoms with Crippen molar-refractivity contribution in [2.24, 2.45) is 0 Å². The minimum Gasteiger partial charge on any atom is -0.325 e. The number of H-pyrrole nitrogens is 1. The Morgan fingerprint density at radius 3 is 2.58 bits per heavy atom. The molecule has 1 aromatic carbocycles. The van der Waals surface area contributed by atoms with Crippen LogP contribution in [0.5, 0.6) is 0 Å². The van der Waals surface area contributed by atoms with E-state index in [2.05, 4.69) is 15.3 Å². The molecule has 2 aromatic rings. The van der Waals surface area contributed by atoms with Gasteiger partial charge in [0, 0.05) is 11.3 Å². The second-order valence-electron chi connectivity index (χ2n) is 5.92. The number of carbonyl (C=O) groups is 1. The lowest BCUT2D eigenvalue weighted by Crippen LogP contribution is -2.22. The van der Waals surface area contributed by atoms with E-state index in [9.17, 15) is 22.8 Å². The minimum absolute atomic E-state index is 0.0112. The van der Waals surface area contributed by atoms with E-state index in [4.69, 9.17) is 0 Å². The maximum absolute atomic E-state index is 12.5. The molecule has 0 radical (unpaired) electrons. The van der Waals surface area contributed by atoms with Crippen molar-refractivity contribution in [1.82, 2.24) is 9.97 Å². The van der Waals surface area contributed by atoms with Gasteiger partial charge in [0.1, 0.15) is 0 Å². The molecule has 2 N–H and O–H groups in total. The second kappa shape index (κ2) is 7.53. The number of aromatic nitrogens is 2. The largest absolute Gasteiger partial charge is 0.416 e. The Balaban J connectivity index is 1.59. The molecular weight excluding hydrogens is 367 g/mol. The lowest BCUT2D eigenvalue weighted by molar-refractivity contribution is -0.137. The molecule has 0 unspecified atom stereocenters. The number of nitrogens with one attached hydrogen (secondary N) is 2. The van der Waals surface area contributed by atoms with Crippen LogP contribution < -0.4 is 10.9 Å². The van der Waals surface area contributed by atoms with Crippen molar-refractivity contribution in [3.05, 3.63) is 51.4 Å². The van der Waals surface area contributed by atoms with Crippen LogP contribution >= 0.6 is 11.8 Å². The first-order valence-electron chi connectivity index (χ1n) is 8.05. The fourth-order valence-electron chi connectivity index (χ4n) is 2.72. The Hall–Kier alpha value is -2.29. The van der Waals surface area contributed by atoms with Gasteiger partial charge >= 0.3 is 6.18 Å². The molecule has 0 spiro atoms. The number of aryl methyl sites for hydroxylation is 1. The van der Waals surface area contributed by atoms with E-state index in [1.807, 2.05) is 0 Å². The molecular formula is C17H16F3N3O2S. The van der Waals surface area contributed by atoms with E-state index < -0.39 is 17.6 Å². The molecule has 3 rings (SSSR count). The minimum atomic E-state index is -4.41. The predicted molar refractivity (Wildman–Crippen MR) is 92.3 cm³/mol. The van der Waals surface area contributed by atoms with Crippen LogP contribution in [0.2, 0.25) is 0 Å². The van der Waals surface area contributed by atoms with Crippen molar-refractivity contribution in [3.8, 4) is 0 Å². The van der Waals surface area contributed by atoms with Crippen molar-refractivity contribution < 1.29 is 18.0 Å². The summed E-state index contributed by atoms with van der Waals surface area (Å²) in [6.07, 6.45) is -0.980. The first-order chi connectivity index (χ1) is 12.3. The summed E-state index contributed by atoms with van der Waals surface area (Å²) in [5.74, 6) is -0.405. The smallest absolute Gasteiger partial charge is 0.325 e. The van der Waals surface area contributed by atoms with Crippen molar-refractivity contribution >= 4 is 23.4 Å². The maximum atomic E-state index is 12.5. The van der Waals surface area contributed by atoms with Crippen molar-refractivity contribution in [2.75, 3.05) is 11.1 Å². The van der Waals surface area contributed by atoms with Gasteiger partial charge in [0.15, 0.2) is 5.16 Å². The molecule has 0 saturated heterocycles. The highest BCUT2D eigenvalue weighted by atomic mass is 32.2. The summed E-state index contributed by atoms with van der Waals surface area (Å²) in [5.41, 5.74) is 0.831. The highest BCUT2D eigenvalue weighted by molar-refractivity contribution is 7.99. The van der Waals surface area contributed by atoms with E-state index in [0.717, 1.165) is 60.8 Å². The molecule has 26 heavy (non-hydrogen) atoms. The van der Waals surface area contributed by atoms with Crippen LogP contribution in [0.15, 0.2) is 34.2 Å². The number of anilines is 1. The van der Waals surface area contributed by atoms with Crippen LogP contribution in [-0.4, -0.2) is 21.6 Å². The van der Waals surface area contributed by atoms with Gasteiger partial charge in [-0.1, -0.05) is 11.8 Å². The predicted octanol–water partition coefficient (Wildman–Crippen LogP) is 3.40. The number of hydrogen-bond donors (Lipinski definition) is 2. The summed E-state index contributed by atoms with van der Waals surface area (Å²) in [5, 5.41) is 2.89. The first-order valence-corrected chi connectivity index (χ1v) is 9.03. The number of benzene rings is 1. The number of aromatic amines is 1. The molecule has 0 bridgehead atoms. The van der Waals surface area contributed by atoms with Crippen LogP contribution in [0.25, 0.3) is 0 Å². The summed E-state index contributed by atoms with van der Waals surface area (Å²) in [4.78, 5) is 31.1. The van der Waals surface area contributed by atoms with Gasteiger partial charge < -0.3 is 10.3 Å². The van der Waals surface area contributed by atoms with Gasteiger partial charge in [-0.25, -0.2) is 4.98 Å². The Morgan fingerprint density at radius 1 is 1.19 bits per heavy atom. The molecule has 5 nitrogen and oxygen atoms in total. The molecule has 0 fully saturated rings. The van der Waals surface area contributed by atoms with Crippen LogP contribution in [0.4, 0.5) is 18.9 Å². The lowest BCUT2D eigenvalue weighted by Gasteiger charge is -2.14. The van der Waals surface area contributed by atoms with Crippen molar-refractivity contribution in [2.45, 2.75) is 37.0 Å². The zero-order valence-corrected chi connectivity index (χ0v) is 14.5. The quantitative estimate of drug-likeness (QED) is 0.627. The number of hydrogen-bond acceptors (Lipinski definition) is 4. The monoisotopic (exact) mass is 383 g/mol. The van der Waals surface area contributed by atoms with E-state index in [1.54, 1.807) is 0 Å². The number of carbonyl (C=O) groups excluding carboxylic acids is 1. The van der Waals surface area contributed by atoms with Crippen LogP contribution in [-0.2, 0) is 23.8 Å². The van der Waals surface area contributed by atoms with Crippen LogP contribution in [0, 0.1) is 0 Å². The van der Waals surface area contributed by atoms with Gasteiger partial charge in [0.25, 0.3) is 5.56 Å². The fraction of sp³-hybridized carbons (Fsp3) is 0.353. The number of alkyl halides is 3. The number of rotatable bonds is 4. The Kier molecular flexibility index (Phi) is 5.36. The number of fused-ring (bicyclic) bond motifs is 1. The molecule has 0 aliphatic heterocycles. The summed E-state index contributed by atoms with van der Waals surface area (Å²) >= 11 is 1.08. The van der Waals surface area contributed by atoms with E-state index in [-0.39, 0.29) is 17.0 Å². The molecule has 1 aliphatic carbocycles. The van der Waals surface area contributed by atoms with E-state index in [0.29, 0.717) is 5.16 Å². The molecule has 0 saturated carbocycles. The third kappa shape index (κ3) is 4.46.